The second-order valence-electron chi connectivity index (χ2n) is 5.27. The molecule has 1 aromatic carbocycles. The molecule has 1 aliphatic rings. The van der Waals surface area contributed by atoms with E-state index in [-0.39, 0.29) is 18.1 Å². The second-order valence-corrected chi connectivity index (χ2v) is 5.27. The summed E-state index contributed by atoms with van der Waals surface area (Å²) in [6.07, 6.45) is 1.97. The van der Waals surface area contributed by atoms with Crippen LogP contribution in [0.5, 0.6) is 0 Å². The number of anilines is 2. The van der Waals surface area contributed by atoms with Gasteiger partial charge in [-0.3, -0.25) is 9.59 Å². The lowest BCUT2D eigenvalue weighted by Crippen LogP contribution is -2.40. The topological polar surface area (TPSA) is 90.5 Å². The van der Waals surface area contributed by atoms with Crippen molar-refractivity contribution in [2.75, 3.05) is 30.3 Å². The van der Waals surface area contributed by atoms with Crippen molar-refractivity contribution < 1.29 is 18.8 Å². The number of carbonyl (C=O) groups is 3. The maximum Gasteiger partial charge on any atom is 0.319 e. The largest absolute Gasteiger partial charge is 0.341 e. The van der Waals surface area contributed by atoms with E-state index in [0.29, 0.717) is 5.69 Å². The van der Waals surface area contributed by atoms with Gasteiger partial charge in [0, 0.05) is 25.7 Å². The van der Waals surface area contributed by atoms with Crippen LogP contribution in [-0.4, -0.2) is 42.4 Å². The van der Waals surface area contributed by atoms with Crippen molar-refractivity contribution >= 4 is 29.2 Å². The molecule has 0 unspecified atom stereocenters. The SMILES string of the molecule is CC(=O)Nc1cc(NC(=O)NCC(=O)N2CCCC2)ccc1F. The highest BCUT2D eigenvalue weighted by Gasteiger charge is 2.18. The van der Waals surface area contributed by atoms with Gasteiger partial charge in [0.25, 0.3) is 0 Å². The molecule has 4 amide bonds. The van der Waals surface area contributed by atoms with E-state index in [9.17, 15) is 18.8 Å². The molecule has 0 bridgehead atoms. The normalized spacial score (nSPS) is 13.6. The summed E-state index contributed by atoms with van der Waals surface area (Å²) in [6.45, 7) is 2.61. The molecule has 124 valence electrons. The monoisotopic (exact) mass is 322 g/mol. The Morgan fingerprint density at radius 2 is 1.87 bits per heavy atom. The van der Waals surface area contributed by atoms with Gasteiger partial charge in [-0.15, -0.1) is 0 Å². The number of nitrogens with zero attached hydrogens (tertiary/aromatic N) is 1. The van der Waals surface area contributed by atoms with E-state index in [2.05, 4.69) is 16.0 Å². The fraction of sp³-hybridized carbons (Fsp3) is 0.400. The Kier molecular flexibility index (Phi) is 5.51. The number of carbonyl (C=O) groups excluding carboxylic acids is 3. The van der Waals surface area contributed by atoms with Crippen molar-refractivity contribution in [1.29, 1.82) is 0 Å². The van der Waals surface area contributed by atoms with Gasteiger partial charge < -0.3 is 20.9 Å². The maximum absolute atomic E-state index is 13.5. The number of nitrogens with one attached hydrogen (secondary N) is 3. The van der Waals surface area contributed by atoms with Gasteiger partial charge in [-0.05, 0) is 31.0 Å². The minimum absolute atomic E-state index is 0.0246. The summed E-state index contributed by atoms with van der Waals surface area (Å²) in [5.41, 5.74) is 0.282. The molecule has 0 aliphatic carbocycles. The summed E-state index contributed by atoms with van der Waals surface area (Å²) in [5, 5.41) is 7.28. The average Bonchev–Trinajstić information content (AvgIpc) is 3.02. The molecule has 0 spiro atoms. The van der Waals surface area contributed by atoms with Crippen LogP contribution in [0.15, 0.2) is 18.2 Å². The summed E-state index contributed by atoms with van der Waals surface area (Å²) in [6, 6.07) is 3.23. The molecule has 0 saturated carbocycles. The van der Waals surface area contributed by atoms with Crippen molar-refractivity contribution in [3.8, 4) is 0 Å². The molecule has 2 rings (SSSR count). The minimum atomic E-state index is -0.602. The summed E-state index contributed by atoms with van der Waals surface area (Å²) in [7, 11) is 0. The highest BCUT2D eigenvalue weighted by Crippen LogP contribution is 2.19. The van der Waals surface area contributed by atoms with Gasteiger partial charge in [-0.1, -0.05) is 0 Å². The minimum Gasteiger partial charge on any atom is -0.341 e. The van der Waals surface area contributed by atoms with Crippen LogP contribution in [0.2, 0.25) is 0 Å². The number of hydrogen-bond donors (Lipinski definition) is 3. The lowest BCUT2D eigenvalue weighted by atomic mass is 10.2. The molecular formula is C15H19FN4O3. The smallest absolute Gasteiger partial charge is 0.319 e. The van der Waals surface area contributed by atoms with E-state index in [1.807, 2.05) is 0 Å². The van der Waals surface area contributed by atoms with E-state index >= 15 is 0 Å². The van der Waals surface area contributed by atoms with Crippen LogP contribution in [0.3, 0.4) is 0 Å². The van der Waals surface area contributed by atoms with Crippen LogP contribution in [0, 0.1) is 5.82 Å². The first-order valence-corrected chi connectivity index (χ1v) is 7.35. The first-order chi connectivity index (χ1) is 11.0. The van der Waals surface area contributed by atoms with E-state index < -0.39 is 17.8 Å². The van der Waals surface area contributed by atoms with E-state index in [1.165, 1.54) is 19.1 Å². The molecule has 1 saturated heterocycles. The van der Waals surface area contributed by atoms with Gasteiger partial charge in [0.1, 0.15) is 5.82 Å². The first-order valence-electron chi connectivity index (χ1n) is 7.35. The molecule has 0 radical (unpaired) electrons. The van der Waals surface area contributed by atoms with Crippen molar-refractivity contribution in [1.82, 2.24) is 10.2 Å². The number of likely N-dealkylation sites (tertiary alicyclic amines) is 1. The van der Waals surface area contributed by atoms with Gasteiger partial charge in [0.2, 0.25) is 11.8 Å². The maximum atomic E-state index is 13.5. The molecule has 8 heteroatoms. The first kappa shape index (κ1) is 16.7. The van der Waals surface area contributed by atoms with Crippen molar-refractivity contribution in [2.45, 2.75) is 19.8 Å². The Bertz CT molecular complexity index is 615. The van der Waals surface area contributed by atoms with Gasteiger partial charge >= 0.3 is 6.03 Å². The zero-order chi connectivity index (χ0) is 16.8. The van der Waals surface area contributed by atoms with E-state index in [0.717, 1.165) is 32.0 Å². The number of benzene rings is 1. The number of halogens is 1. The summed E-state index contributed by atoms with van der Waals surface area (Å²) in [5.74, 6) is -1.15. The molecular weight excluding hydrogens is 303 g/mol. The zero-order valence-corrected chi connectivity index (χ0v) is 12.8. The lowest BCUT2D eigenvalue weighted by Gasteiger charge is -2.15. The van der Waals surface area contributed by atoms with Crippen LogP contribution < -0.4 is 16.0 Å². The summed E-state index contributed by atoms with van der Waals surface area (Å²) >= 11 is 0. The van der Waals surface area contributed by atoms with Crippen LogP contribution >= 0.6 is 0 Å². The molecule has 7 nitrogen and oxygen atoms in total. The lowest BCUT2D eigenvalue weighted by molar-refractivity contribution is -0.129. The fourth-order valence-corrected chi connectivity index (χ4v) is 2.30. The van der Waals surface area contributed by atoms with Gasteiger partial charge in [0.15, 0.2) is 0 Å². The molecule has 3 N–H and O–H groups in total. The highest BCUT2D eigenvalue weighted by molar-refractivity contribution is 5.94. The average molecular weight is 322 g/mol. The second kappa shape index (κ2) is 7.57. The van der Waals surface area contributed by atoms with Crippen molar-refractivity contribution in [3.05, 3.63) is 24.0 Å². The van der Waals surface area contributed by atoms with Crippen LogP contribution in [0.4, 0.5) is 20.6 Å². The van der Waals surface area contributed by atoms with Gasteiger partial charge in [0.05, 0.1) is 12.2 Å². The third-order valence-electron chi connectivity index (χ3n) is 3.39. The highest BCUT2D eigenvalue weighted by atomic mass is 19.1. The van der Waals surface area contributed by atoms with E-state index in [4.69, 9.17) is 0 Å². The number of urea groups is 1. The Balaban J connectivity index is 1.87. The summed E-state index contributed by atoms with van der Waals surface area (Å²) < 4.78 is 13.5. The van der Waals surface area contributed by atoms with Crippen molar-refractivity contribution in [2.24, 2.45) is 0 Å². The van der Waals surface area contributed by atoms with Gasteiger partial charge in [-0.25, -0.2) is 9.18 Å². The molecule has 1 heterocycles. The Morgan fingerprint density at radius 1 is 1.17 bits per heavy atom. The Morgan fingerprint density at radius 3 is 2.52 bits per heavy atom. The quantitative estimate of drug-likeness (QED) is 0.785. The molecule has 1 fully saturated rings. The van der Waals surface area contributed by atoms with Crippen molar-refractivity contribution in [3.63, 3.8) is 0 Å². The predicted molar refractivity (Wildman–Crippen MR) is 83.5 cm³/mol. The number of hydrogen-bond acceptors (Lipinski definition) is 3. The number of amides is 4. The Hall–Kier alpha value is -2.64. The van der Waals surface area contributed by atoms with E-state index in [1.54, 1.807) is 4.90 Å². The van der Waals surface area contributed by atoms with Crippen LogP contribution in [-0.2, 0) is 9.59 Å². The molecule has 0 aromatic heterocycles. The zero-order valence-electron chi connectivity index (χ0n) is 12.8. The van der Waals surface area contributed by atoms with Crippen LogP contribution in [0.25, 0.3) is 0 Å². The number of rotatable bonds is 4. The predicted octanol–water partition coefficient (Wildman–Crippen LogP) is 1.53. The third-order valence-corrected chi connectivity index (χ3v) is 3.39. The third kappa shape index (κ3) is 4.94. The van der Waals surface area contributed by atoms with Gasteiger partial charge in [-0.2, -0.15) is 0 Å². The molecule has 1 aromatic rings. The molecule has 0 atom stereocenters. The fourth-order valence-electron chi connectivity index (χ4n) is 2.30. The summed E-state index contributed by atoms with van der Waals surface area (Å²) in [4.78, 5) is 36.3. The van der Waals surface area contributed by atoms with Crippen LogP contribution in [0.1, 0.15) is 19.8 Å². The molecule has 1 aliphatic heterocycles. The Labute approximate surface area is 133 Å². The standard InChI is InChI=1S/C15H19FN4O3/c1-10(21)18-13-8-11(4-5-12(13)16)19-15(23)17-9-14(22)20-6-2-3-7-20/h4-5,8H,2-3,6-7,9H2,1H3,(H,18,21)(H2,17,19,23). The molecule has 23 heavy (non-hydrogen) atoms.